The zero-order chi connectivity index (χ0) is 22.1. The molecule has 0 fully saturated rings. The van der Waals surface area contributed by atoms with Crippen molar-refractivity contribution in [2.45, 2.75) is 44.3 Å². The standard InChI is InChI=1S/C21H28N4O4S.ClH.H2O/c1-13-14(2)24-25-20(13)23-16-7-8-22-17-12-18(29-10-9-28-6)19(11-15(16)17)30(26,27)21(3,4)5;;/h7-8,11-12H,9-10H2,1-6H3,(H2,22,23,24,25);1H;1H2. The van der Waals surface area contributed by atoms with E-state index in [1.807, 2.05) is 13.8 Å². The van der Waals surface area contributed by atoms with Crippen molar-refractivity contribution >= 4 is 44.7 Å². The number of hydrogen-bond acceptors (Lipinski definition) is 7. The molecule has 0 aliphatic rings. The van der Waals surface area contributed by atoms with Crippen molar-refractivity contribution in [1.29, 1.82) is 0 Å². The van der Waals surface area contributed by atoms with Gasteiger partial charge in [0, 0.05) is 36.0 Å². The van der Waals surface area contributed by atoms with Gasteiger partial charge in [-0.1, -0.05) is 0 Å². The molecule has 0 saturated carbocycles. The number of nitrogens with one attached hydrogen (secondary N) is 2. The number of aromatic nitrogens is 3. The molecule has 0 bridgehead atoms. The predicted molar refractivity (Wildman–Crippen MR) is 128 cm³/mol. The molecular weight excluding hydrogens is 456 g/mol. The van der Waals surface area contributed by atoms with Crippen LogP contribution in [0.1, 0.15) is 32.0 Å². The number of pyridine rings is 1. The minimum atomic E-state index is -3.67. The smallest absolute Gasteiger partial charge is 0.186 e. The molecule has 0 aliphatic carbocycles. The number of sulfone groups is 1. The molecular formula is C21H31ClN4O5S. The first-order valence-electron chi connectivity index (χ1n) is 9.64. The molecule has 0 radical (unpaired) electrons. The molecule has 0 unspecified atom stereocenters. The molecule has 0 amide bonds. The molecule has 0 saturated heterocycles. The Bertz CT molecular complexity index is 1170. The average Bonchev–Trinajstić information content (AvgIpc) is 2.99. The molecule has 3 aromatic rings. The highest BCUT2D eigenvalue weighted by molar-refractivity contribution is 7.92. The van der Waals surface area contributed by atoms with Gasteiger partial charge in [-0.3, -0.25) is 10.1 Å². The van der Waals surface area contributed by atoms with Gasteiger partial charge in [-0.2, -0.15) is 5.10 Å². The van der Waals surface area contributed by atoms with Crippen LogP contribution in [0.15, 0.2) is 29.3 Å². The quantitative estimate of drug-likeness (QED) is 0.487. The predicted octanol–water partition coefficient (Wildman–Crippen LogP) is 3.51. The molecule has 1 aromatic carbocycles. The summed E-state index contributed by atoms with van der Waals surface area (Å²) in [5, 5.41) is 11.2. The number of methoxy groups -OCH3 is 1. The van der Waals surface area contributed by atoms with E-state index in [4.69, 9.17) is 9.47 Å². The summed E-state index contributed by atoms with van der Waals surface area (Å²) in [5.41, 5.74) is 3.27. The lowest BCUT2D eigenvalue weighted by atomic mass is 10.1. The molecule has 0 aliphatic heterocycles. The number of halogens is 1. The summed E-state index contributed by atoms with van der Waals surface area (Å²) in [6.45, 7) is 9.49. The van der Waals surface area contributed by atoms with Crippen LogP contribution >= 0.6 is 12.4 Å². The SMILES string of the molecule is COCCOc1cc2nccc(Nc3n[nH]c(C)c3C)c2cc1S(=O)(=O)C(C)(C)C.Cl.O. The Labute approximate surface area is 194 Å². The zero-order valence-electron chi connectivity index (χ0n) is 19.1. The van der Waals surface area contributed by atoms with E-state index in [-0.39, 0.29) is 35.1 Å². The summed E-state index contributed by atoms with van der Waals surface area (Å²) in [6.07, 6.45) is 1.66. The van der Waals surface area contributed by atoms with E-state index in [2.05, 4.69) is 20.5 Å². The fourth-order valence-electron chi connectivity index (χ4n) is 2.88. The van der Waals surface area contributed by atoms with Crippen molar-refractivity contribution in [3.05, 3.63) is 35.7 Å². The Balaban J connectivity index is 0.00000256. The van der Waals surface area contributed by atoms with Gasteiger partial charge >= 0.3 is 0 Å². The zero-order valence-corrected chi connectivity index (χ0v) is 20.7. The number of ether oxygens (including phenoxy) is 2. The van der Waals surface area contributed by atoms with Crippen LogP contribution in [0.2, 0.25) is 0 Å². The lowest BCUT2D eigenvalue weighted by Crippen LogP contribution is -2.28. The van der Waals surface area contributed by atoms with Gasteiger partial charge in [-0.15, -0.1) is 12.4 Å². The summed E-state index contributed by atoms with van der Waals surface area (Å²) >= 11 is 0. The summed E-state index contributed by atoms with van der Waals surface area (Å²) < 4.78 is 36.4. The summed E-state index contributed by atoms with van der Waals surface area (Å²) in [6, 6.07) is 5.09. The second-order valence-electron chi connectivity index (χ2n) is 8.08. The first-order valence-corrected chi connectivity index (χ1v) is 11.1. The number of aromatic amines is 1. The molecule has 2 heterocycles. The van der Waals surface area contributed by atoms with Gasteiger partial charge in [0.15, 0.2) is 15.7 Å². The van der Waals surface area contributed by atoms with Crippen LogP contribution in [0, 0.1) is 13.8 Å². The third kappa shape index (κ3) is 5.32. The monoisotopic (exact) mass is 486 g/mol. The summed E-state index contributed by atoms with van der Waals surface area (Å²) in [4.78, 5) is 4.54. The number of benzene rings is 1. The molecule has 11 heteroatoms. The van der Waals surface area contributed by atoms with E-state index in [0.717, 1.165) is 11.3 Å². The van der Waals surface area contributed by atoms with Gasteiger partial charge in [0.25, 0.3) is 0 Å². The fourth-order valence-corrected chi connectivity index (χ4v) is 4.20. The number of nitrogens with zero attached hydrogens (tertiary/aromatic N) is 2. The highest BCUT2D eigenvalue weighted by Crippen LogP contribution is 2.37. The highest BCUT2D eigenvalue weighted by Gasteiger charge is 2.34. The second kappa shape index (κ2) is 10.5. The van der Waals surface area contributed by atoms with Crippen LogP contribution in [0.4, 0.5) is 11.5 Å². The van der Waals surface area contributed by atoms with E-state index >= 15 is 0 Å². The Morgan fingerprint density at radius 3 is 2.41 bits per heavy atom. The average molecular weight is 487 g/mol. The fraction of sp³-hybridized carbons (Fsp3) is 0.429. The minimum absolute atomic E-state index is 0. The van der Waals surface area contributed by atoms with Crippen LogP contribution in [0.5, 0.6) is 5.75 Å². The molecule has 0 atom stereocenters. The topological polar surface area (TPSA) is 138 Å². The second-order valence-corrected chi connectivity index (χ2v) is 10.8. The van der Waals surface area contributed by atoms with Crippen LogP contribution < -0.4 is 10.1 Å². The molecule has 32 heavy (non-hydrogen) atoms. The Morgan fingerprint density at radius 2 is 1.84 bits per heavy atom. The van der Waals surface area contributed by atoms with E-state index < -0.39 is 14.6 Å². The van der Waals surface area contributed by atoms with E-state index in [0.29, 0.717) is 29.0 Å². The van der Waals surface area contributed by atoms with Crippen molar-refractivity contribution in [3.8, 4) is 5.75 Å². The molecule has 178 valence electrons. The lowest BCUT2D eigenvalue weighted by Gasteiger charge is -2.22. The van der Waals surface area contributed by atoms with Gasteiger partial charge < -0.3 is 20.3 Å². The number of H-pyrrole nitrogens is 1. The molecule has 3 rings (SSSR count). The largest absolute Gasteiger partial charge is 0.490 e. The van der Waals surface area contributed by atoms with Crippen molar-refractivity contribution in [1.82, 2.24) is 15.2 Å². The first-order chi connectivity index (χ1) is 14.1. The number of fused-ring (bicyclic) bond motifs is 1. The van der Waals surface area contributed by atoms with Gasteiger partial charge in [0.2, 0.25) is 0 Å². The Hall–Kier alpha value is -2.40. The van der Waals surface area contributed by atoms with Gasteiger partial charge in [0.05, 0.1) is 22.6 Å². The maximum absolute atomic E-state index is 13.3. The highest BCUT2D eigenvalue weighted by atomic mass is 35.5. The van der Waals surface area contributed by atoms with E-state index in [1.165, 1.54) is 0 Å². The van der Waals surface area contributed by atoms with Crippen LogP contribution in [0.25, 0.3) is 10.9 Å². The van der Waals surface area contributed by atoms with Gasteiger partial charge in [-0.05, 0) is 46.8 Å². The molecule has 4 N–H and O–H groups in total. The van der Waals surface area contributed by atoms with Crippen molar-refractivity contribution in [3.63, 3.8) is 0 Å². The first kappa shape index (κ1) is 27.6. The van der Waals surface area contributed by atoms with Crippen molar-refractivity contribution in [2.24, 2.45) is 0 Å². The number of anilines is 2. The molecule has 0 spiro atoms. The Kier molecular flexibility index (Phi) is 9.05. The molecule has 9 nitrogen and oxygen atoms in total. The summed E-state index contributed by atoms with van der Waals surface area (Å²) in [5.74, 6) is 0.951. The van der Waals surface area contributed by atoms with E-state index in [1.54, 1.807) is 52.3 Å². The number of aryl methyl sites for hydroxylation is 1. The summed E-state index contributed by atoms with van der Waals surface area (Å²) in [7, 11) is -2.11. The molecule has 2 aromatic heterocycles. The Morgan fingerprint density at radius 1 is 1.16 bits per heavy atom. The van der Waals surface area contributed by atoms with Crippen molar-refractivity contribution in [2.75, 3.05) is 25.6 Å². The van der Waals surface area contributed by atoms with Crippen LogP contribution in [-0.2, 0) is 14.6 Å². The van der Waals surface area contributed by atoms with Crippen LogP contribution in [0.3, 0.4) is 0 Å². The normalized spacial score (nSPS) is 11.6. The van der Waals surface area contributed by atoms with Crippen LogP contribution in [-0.4, -0.2) is 54.1 Å². The van der Waals surface area contributed by atoms with Crippen molar-refractivity contribution < 1.29 is 23.4 Å². The number of rotatable bonds is 7. The lowest BCUT2D eigenvalue weighted by molar-refractivity contribution is 0.144. The minimum Gasteiger partial charge on any atom is -0.490 e. The van der Waals surface area contributed by atoms with Gasteiger partial charge in [-0.25, -0.2) is 8.42 Å². The third-order valence-corrected chi connectivity index (χ3v) is 7.46. The maximum atomic E-state index is 13.3. The van der Waals surface area contributed by atoms with E-state index in [9.17, 15) is 8.42 Å². The third-order valence-electron chi connectivity index (χ3n) is 4.95. The number of hydrogen-bond donors (Lipinski definition) is 2. The maximum Gasteiger partial charge on any atom is 0.186 e. The van der Waals surface area contributed by atoms with Gasteiger partial charge in [0.1, 0.15) is 17.3 Å².